The third kappa shape index (κ3) is 2.58. The Morgan fingerprint density at radius 1 is 1.37 bits per heavy atom. The molecule has 0 spiro atoms. The Morgan fingerprint density at radius 2 is 2.11 bits per heavy atom. The Morgan fingerprint density at radius 3 is 2.79 bits per heavy atom. The van der Waals surface area contributed by atoms with Crippen LogP contribution in [0, 0.1) is 5.92 Å². The summed E-state index contributed by atoms with van der Waals surface area (Å²) in [7, 11) is -2.80. The third-order valence-corrected chi connectivity index (χ3v) is 5.40. The Balaban J connectivity index is 1.77. The first kappa shape index (κ1) is 12.5. The van der Waals surface area contributed by atoms with Crippen molar-refractivity contribution < 1.29 is 13.5 Å². The van der Waals surface area contributed by atoms with Gasteiger partial charge in [-0.1, -0.05) is 0 Å². The molecular weight excluding hydrogens is 264 g/mol. The molecule has 1 N–H and O–H groups in total. The first-order chi connectivity index (χ1) is 9.03. The van der Waals surface area contributed by atoms with Crippen LogP contribution in [-0.2, 0) is 16.3 Å². The molecule has 5 nitrogen and oxygen atoms in total. The van der Waals surface area contributed by atoms with E-state index in [2.05, 4.69) is 4.98 Å². The van der Waals surface area contributed by atoms with Crippen LogP contribution in [0.25, 0.3) is 5.65 Å². The van der Waals surface area contributed by atoms with Crippen molar-refractivity contribution in [3.8, 4) is 5.75 Å². The van der Waals surface area contributed by atoms with E-state index in [9.17, 15) is 13.5 Å². The number of rotatable bonds is 2. The van der Waals surface area contributed by atoms with Crippen molar-refractivity contribution in [3.05, 3.63) is 30.2 Å². The van der Waals surface area contributed by atoms with E-state index < -0.39 is 9.84 Å². The highest BCUT2D eigenvalue weighted by atomic mass is 32.2. The third-order valence-electron chi connectivity index (χ3n) is 3.68. The second-order valence-corrected chi connectivity index (χ2v) is 7.46. The Hall–Kier alpha value is -1.56. The van der Waals surface area contributed by atoms with Gasteiger partial charge >= 0.3 is 0 Å². The zero-order valence-electron chi connectivity index (χ0n) is 10.5. The molecule has 1 aliphatic rings. The SMILES string of the molecule is O=S1(=O)CCC(Cc2cn3cccc(O)c3n2)CC1. The minimum absolute atomic E-state index is 0.167. The summed E-state index contributed by atoms with van der Waals surface area (Å²) in [6.07, 6.45) is 5.94. The van der Waals surface area contributed by atoms with Gasteiger partial charge in [0.25, 0.3) is 0 Å². The van der Waals surface area contributed by atoms with E-state index in [0.29, 0.717) is 24.4 Å². The summed E-state index contributed by atoms with van der Waals surface area (Å²) in [5.41, 5.74) is 1.46. The van der Waals surface area contributed by atoms with Gasteiger partial charge in [0.05, 0.1) is 17.2 Å². The van der Waals surface area contributed by atoms with E-state index in [0.717, 1.165) is 12.1 Å². The lowest BCUT2D eigenvalue weighted by molar-refractivity contribution is 0.459. The van der Waals surface area contributed by atoms with Gasteiger partial charge in [-0.15, -0.1) is 0 Å². The maximum absolute atomic E-state index is 11.4. The van der Waals surface area contributed by atoms with Crippen molar-refractivity contribution in [1.29, 1.82) is 0 Å². The number of nitrogens with zero attached hydrogens (tertiary/aromatic N) is 2. The van der Waals surface area contributed by atoms with Crippen LogP contribution in [0.4, 0.5) is 0 Å². The summed E-state index contributed by atoms with van der Waals surface area (Å²) in [6, 6.07) is 3.38. The van der Waals surface area contributed by atoms with Crippen LogP contribution < -0.4 is 0 Å². The molecule has 0 unspecified atom stereocenters. The Labute approximate surface area is 111 Å². The summed E-state index contributed by atoms with van der Waals surface area (Å²) < 4.78 is 24.6. The highest BCUT2D eigenvalue weighted by Gasteiger charge is 2.24. The molecule has 0 radical (unpaired) electrons. The molecule has 0 aromatic carbocycles. The van der Waals surface area contributed by atoms with Gasteiger partial charge in [0.2, 0.25) is 0 Å². The largest absolute Gasteiger partial charge is 0.504 e. The van der Waals surface area contributed by atoms with Crippen LogP contribution in [0.15, 0.2) is 24.5 Å². The molecule has 3 rings (SSSR count). The summed E-state index contributed by atoms with van der Waals surface area (Å²) in [6.45, 7) is 0. The number of aromatic nitrogens is 2. The molecule has 0 amide bonds. The average molecular weight is 280 g/mol. The molecule has 6 heteroatoms. The van der Waals surface area contributed by atoms with Gasteiger partial charge in [0.1, 0.15) is 9.84 Å². The minimum atomic E-state index is -2.80. The van der Waals surface area contributed by atoms with Gasteiger partial charge in [-0.2, -0.15) is 0 Å². The van der Waals surface area contributed by atoms with Crippen molar-refractivity contribution in [1.82, 2.24) is 9.38 Å². The van der Waals surface area contributed by atoms with E-state index in [1.165, 1.54) is 0 Å². The van der Waals surface area contributed by atoms with E-state index >= 15 is 0 Å². The lowest BCUT2D eigenvalue weighted by Gasteiger charge is -2.20. The summed E-state index contributed by atoms with van der Waals surface area (Å²) >= 11 is 0. The highest BCUT2D eigenvalue weighted by molar-refractivity contribution is 7.91. The number of aromatic hydroxyl groups is 1. The molecule has 0 bridgehead atoms. The number of hydrogen-bond acceptors (Lipinski definition) is 4. The van der Waals surface area contributed by atoms with Gasteiger partial charge in [-0.3, -0.25) is 0 Å². The number of pyridine rings is 1. The fourth-order valence-corrected chi connectivity index (χ4v) is 4.18. The number of fused-ring (bicyclic) bond motifs is 1. The van der Waals surface area contributed by atoms with Gasteiger partial charge in [-0.25, -0.2) is 13.4 Å². The van der Waals surface area contributed by atoms with E-state index in [1.807, 2.05) is 12.4 Å². The molecular formula is C13H16N2O3S. The zero-order chi connectivity index (χ0) is 13.5. The molecule has 0 saturated carbocycles. The van der Waals surface area contributed by atoms with Crippen molar-refractivity contribution in [2.45, 2.75) is 19.3 Å². The molecule has 102 valence electrons. The van der Waals surface area contributed by atoms with Crippen molar-refractivity contribution in [2.75, 3.05) is 11.5 Å². The quantitative estimate of drug-likeness (QED) is 0.902. The van der Waals surface area contributed by atoms with Crippen molar-refractivity contribution in [3.63, 3.8) is 0 Å². The molecule has 19 heavy (non-hydrogen) atoms. The van der Waals surface area contributed by atoms with Gasteiger partial charge in [0, 0.05) is 12.4 Å². The van der Waals surface area contributed by atoms with Crippen LogP contribution in [0.2, 0.25) is 0 Å². The van der Waals surface area contributed by atoms with E-state index in [4.69, 9.17) is 0 Å². The van der Waals surface area contributed by atoms with Crippen LogP contribution in [0.5, 0.6) is 5.75 Å². The van der Waals surface area contributed by atoms with Crippen molar-refractivity contribution in [2.24, 2.45) is 5.92 Å². The molecule has 1 aliphatic heterocycles. The van der Waals surface area contributed by atoms with Gasteiger partial charge < -0.3 is 9.51 Å². The van der Waals surface area contributed by atoms with Crippen molar-refractivity contribution >= 4 is 15.5 Å². The van der Waals surface area contributed by atoms with Crippen LogP contribution in [-0.4, -0.2) is 34.4 Å². The Bertz CT molecular complexity index is 692. The van der Waals surface area contributed by atoms with E-state index in [-0.39, 0.29) is 17.3 Å². The topological polar surface area (TPSA) is 71.7 Å². The molecule has 0 aliphatic carbocycles. The Kier molecular flexibility index (Phi) is 2.97. The highest BCUT2D eigenvalue weighted by Crippen LogP contribution is 2.24. The monoisotopic (exact) mass is 280 g/mol. The number of hydrogen-bond donors (Lipinski definition) is 1. The molecule has 2 aromatic heterocycles. The van der Waals surface area contributed by atoms with E-state index in [1.54, 1.807) is 16.5 Å². The number of sulfone groups is 1. The number of imidazole rings is 1. The molecule has 3 heterocycles. The lowest BCUT2D eigenvalue weighted by Crippen LogP contribution is -2.24. The first-order valence-corrected chi connectivity index (χ1v) is 8.22. The smallest absolute Gasteiger partial charge is 0.179 e. The normalized spacial score (nSPS) is 19.8. The lowest BCUT2D eigenvalue weighted by atomic mass is 9.97. The predicted octanol–water partition coefficient (Wildman–Crippen LogP) is 1.41. The average Bonchev–Trinajstić information content (AvgIpc) is 2.76. The maximum Gasteiger partial charge on any atom is 0.179 e. The fraction of sp³-hybridized carbons (Fsp3) is 0.462. The zero-order valence-corrected chi connectivity index (χ0v) is 11.3. The molecule has 1 saturated heterocycles. The minimum Gasteiger partial charge on any atom is -0.504 e. The standard InChI is InChI=1S/C13H16N2O3S/c16-12-2-1-5-15-9-11(14-13(12)15)8-10-3-6-19(17,18)7-4-10/h1-2,5,9-10,16H,3-4,6-8H2. The van der Waals surface area contributed by atoms with Gasteiger partial charge in [-0.05, 0) is 37.3 Å². The second kappa shape index (κ2) is 4.52. The summed E-state index contributed by atoms with van der Waals surface area (Å²) in [4.78, 5) is 4.41. The molecule has 1 fully saturated rings. The fourth-order valence-electron chi connectivity index (χ4n) is 2.59. The predicted molar refractivity (Wildman–Crippen MR) is 71.9 cm³/mol. The molecule has 2 aromatic rings. The second-order valence-electron chi connectivity index (χ2n) is 5.16. The van der Waals surface area contributed by atoms with Crippen LogP contribution >= 0.6 is 0 Å². The summed E-state index contributed by atoms with van der Waals surface area (Å²) in [5.74, 6) is 1.11. The maximum atomic E-state index is 11.4. The van der Waals surface area contributed by atoms with Crippen LogP contribution in [0.3, 0.4) is 0 Å². The molecule has 0 atom stereocenters. The van der Waals surface area contributed by atoms with Crippen LogP contribution in [0.1, 0.15) is 18.5 Å². The van der Waals surface area contributed by atoms with Gasteiger partial charge in [0.15, 0.2) is 11.4 Å². The first-order valence-electron chi connectivity index (χ1n) is 6.39. The summed E-state index contributed by atoms with van der Waals surface area (Å²) in [5, 5.41) is 9.70.